The topological polar surface area (TPSA) is 20.2 Å². The zero-order chi connectivity index (χ0) is 9.19. The molecule has 0 aliphatic carbocycles. The average molecular weight is 166 g/mol. The van der Waals surface area contributed by atoms with Crippen molar-refractivity contribution in [3.63, 3.8) is 0 Å². The predicted molar refractivity (Wildman–Crippen MR) is 47.2 cm³/mol. The van der Waals surface area contributed by atoms with Gasteiger partial charge in [-0.25, -0.2) is 4.39 Å². The third-order valence-electron chi connectivity index (χ3n) is 1.67. The largest absolute Gasteiger partial charge is 0.358 e. The van der Waals surface area contributed by atoms with E-state index in [0.717, 1.165) is 12.5 Å². The van der Waals surface area contributed by atoms with Gasteiger partial charge in [0.05, 0.1) is 0 Å². The highest BCUT2D eigenvalue weighted by atomic mass is 19.2. The van der Waals surface area contributed by atoms with Gasteiger partial charge in [0, 0.05) is 5.56 Å². The second-order valence-corrected chi connectivity index (χ2v) is 2.78. The van der Waals surface area contributed by atoms with Crippen LogP contribution in [0.15, 0.2) is 30.8 Å². The molecule has 1 nitrogen and oxygen atoms in total. The molecule has 12 heavy (non-hydrogen) atoms. The Labute approximate surface area is 71.2 Å². The van der Waals surface area contributed by atoms with Crippen molar-refractivity contribution in [2.45, 2.75) is 12.8 Å². The second kappa shape index (κ2) is 3.07. The molecular formula is C10H11FO. The Bertz CT molecular complexity index is 269. The van der Waals surface area contributed by atoms with Crippen LogP contribution in [0.3, 0.4) is 0 Å². The maximum Gasteiger partial charge on any atom is 0.230 e. The second-order valence-electron chi connectivity index (χ2n) is 2.78. The first-order valence-corrected chi connectivity index (χ1v) is 3.68. The molecule has 0 amide bonds. The number of hydrogen-bond acceptors (Lipinski definition) is 1. The molecule has 1 aromatic rings. The first kappa shape index (κ1) is 8.94. The molecule has 1 atom stereocenters. The summed E-state index contributed by atoms with van der Waals surface area (Å²) in [6.07, 6.45) is 1.66. The molecule has 1 N–H and O–H groups in total. The van der Waals surface area contributed by atoms with Crippen LogP contribution < -0.4 is 0 Å². The summed E-state index contributed by atoms with van der Waals surface area (Å²) < 4.78 is 12.9. The van der Waals surface area contributed by atoms with Crippen LogP contribution in [0.25, 0.3) is 6.08 Å². The van der Waals surface area contributed by atoms with Crippen molar-refractivity contribution in [2.75, 3.05) is 0 Å². The van der Waals surface area contributed by atoms with Gasteiger partial charge in [-0.3, -0.25) is 0 Å². The van der Waals surface area contributed by atoms with Gasteiger partial charge in [-0.1, -0.05) is 36.9 Å². The lowest BCUT2D eigenvalue weighted by atomic mass is 10.1. The lowest BCUT2D eigenvalue weighted by molar-refractivity contribution is -0.0768. The molecule has 0 aliphatic heterocycles. The fourth-order valence-electron chi connectivity index (χ4n) is 0.923. The first-order valence-electron chi connectivity index (χ1n) is 3.68. The van der Waals surface area contributed by atoms with Gasteiger partial charge in [-0.2, -0.15) is 0 Å². The predicted octanol–water partition coefficient (Wildman–Crippen LogP) is 2.46. The molecule has 0 aromatic heterocycles. The highest BCUT2D eigenvalue weighted by molar-refractivity contribution is 5.47. The molecule has 64 valence electrons. The monoisotopic (exact) mass is 166 g/mol. The normalized spacial score (nSPS) is 15.2. The van der Waals surface area contributed by atoms with Gasteiger partial charge in [0.15, 0.2) is 0 Å². The number of alkyl halides is 1. The molecule has 0 heterocycles. The molecule has 0 saturated carbocycles. The molecule has 1 aromatic carbocycles. The van der Waals surface area contributed by atoms with Crippen molar-refractivity contribution in [1.29, 1.82) is 0 Å². The summed E-state index contributed by atoms with van der Waals surface area (Å²) >= 11 is 0. The van der Waals surface area contributed by atoms with E-state index in [0.29, 0.717) is 0 Å². The minimum absolute atomic E-state index is 0.258. The Morgan fingerprint density at radius 1 is 1.42 bits per heavy atom. The molecule has 1 rings (SSSR count). The number of rotatable bonds is 2. The van der Waals surface area contributed by atoms with E-state index < -0.39 is 5.85 Å². The van der Waals surface area contributed by atoms with Crippen LogP contribution in [-0.2, 0) is 5.85 Å². The highest BCUT2D eigenvalue weighted by Gasteiger charge is 2.20. The van der Waals surface area contributed by atoms with Gasteiger partial charge >= 0.3 is 0 Å². The average Bonchev–Trinajstić information content (AvgIpc) is 2.03. The van der Waals surface area contributed by atoms with E-state index in [9.17, 15) is 4.39 Å². The lowest BCUT2D eigenvalue weighted by Gasteiger charge is -2.12. The number of halogens is 1. The van der Waals surface area contributed by atoms with E-state index in [1.54, 1.807) is 18.2 Å². The molecule has 0 fully saturated rings. The van der Waals surface area contributed by atoms with Gasteiger partial charge < -0.3 is 5.11 Å². The van der Waals surface area contributed by atoms with Crippen molar-refractivity contribution in [1.82, 2.24) is 0 Å². The lowest BCUT2D eigenvalue weighted by Crippen LogP contribution is -2.12. The zero-order valence-corrected chi connectivity index (χ0v) is 6.92. The number of benzene rings is 1. The van der Waals surface area contributed by atoms with E-state index in [4.69, 9.17) is 5.11 Å². The van der Waals surface area contributed by atoms with Crippen molar-refractivity contribution >= 4 is 6.08 Å². The Kier molecular flexibility index (Phi) is 2.29. The van der Waals surface area contributed by atoms with Gasteiger partial charge in [-0.15, -0.1) is 0 Å². The summed E-state index contributed by atoms with van der Waals surface area (Å²) in [7, 11) is 0. The maximum atomic E-state index is 12.9. The molecule has 0 saturated heterocycles. The fourth-order valence-corrected chi connectivity index (χ4v) is 0.923. The van der Waals surface area contributed by atoms with Gasteiger partial charge in [0.25, 0.3) is 0 Å². The SMILES string of the molecule is C=Cc1ccc(C(C)(O)F)cc1. The molecule has 0 spiro atoms. The van der Waals surface area contributed by atoms with Gasteiger partial charge in [-0.05, 0) is 12.5 Å². The van der Waals surface area contributed by atoms with Gasteiger partial charge in [0.1, 0.15) is 0 Å². The molecule has 0 bridgehead atoms. The Hall–Kier alpha value is -1.15. The van der Waals surface area contributed by atoms with E-state index >= 15 is 0 Å². The minimum Gasteiger partial charge on any atom is -0.358 e. The van der Waals surface area contributed by atoms with E-state index in [1.165, 1.54) is 12.1 Å². The smallest absolute Gasteiger partial charge is 0.230 e. The third kappa shape index (κ3) is 1.92. The van der Waals surface area contributed by atoms with E-state index in [1.807, 2.05) is 0 Å². The molecule has 2 heteroatoms. The van der Waals surface area contributed by atoms with Crippen LogP contribution in [0, 0.1) is 0 Å². The van der Waals surface area contributed by atoms with Crippen LogP contribution in [-0.4, -0.2) is 5.11 Å². The van der Waals surface area contributed by atoms with Crippen molar-refractivity contribution in [2.24, 2.45) is 0 Å². The summed E-state index contributed by atoms with van der Waals surface area (Å²) in [4.78, 5) is 0. The number of aliphatic hydroxyl groups is 1. The van der Waals surface area contributed by atoms with Crippen LogP contribution in [0.5, 0.6) is 0 Å². The standard InChI is InChI=1S/C10H11FO/c1-3-8-4-6-9(7-5-8)10(2,11)12/h3-7,12H,1H2,2H3. The molecule has 0 radical (unpaired) electrons. The van der Waals surface area contributed by atoms with E-state index in [2.05, 4.69) is 6.58 Å². The van der Waals surface area contributed by atoms with E-state index in [-0.39, 0.29) is 5.56 Å². The van der Waals surface area contributed by atoms with Crippen LogP contribution in [0.2, 0.25) is 0 Å². The molecular weight excluding hydrogens is 155 g/mol. The zero-order valence-electron chi connectivity index (χ0n) is 6.92. The summed E-state index contributed by atoms with van der Waals surface area (Å²) in [5.74, 6) is -2.25. The summed E-state index contributed by atoms with van der Waals surface area (Å²) in [6, 6.07) is 6.49. The minimum atomic E-state index is -2.25. The maximum absolute atomic E-state index is 12.9. The van der Waals surface area contributed by atoms with Crippen molar-refractivity contribution in [3.8, 4) is 0 Å². The fraction of sp³-hybridized carbons (Fsp3) is 0.200. The Morgan fingerprint density at radius 3 is 2.25 bits per heavy atom. The summed E-state index contributed by atoms with van der Waals surface area (Å²) in [6.45, 7) is 4.67. The van der Waals surface area contributed by atoms with Crippen LogP contribution in [0.1, 0.15) is 18.1 Å². The van der Waals surface area contributed by atoms with Crippen LogP contribution >= 0.6 is 0 Å². The van der Waals surface area contributed by atoms with Crippen molar-refractivity contribution < 1.29 is 9.50 Å². The Balaban J connectivity index is 3.00. The highest BCUT2D eigenvalue weighted by Crippen LogP contribution is 2.21. The summed E-state index contributed by atoms with van der Waals surface area (Å²) in [5.41, 5.74) is 1.16. The third-order valence-corrected chi connectivity index (χ3v) is 1.67. The van der Waals surface area contributed by atoms with Crippen molar-refractivity contribution in [3.05, 3.63) is 42.0 Å². The quantitative estimate of drug-likeness (QED) is 0.715. The summed E-state index contributed by atoms with van der Waals surface area (Å²) in [5, 5.41) is 8.96. The van der Waals surface area contributed by atoms with Gasteiger partial charge in [0.2, 0.25) is 5.85 Å². The molecule has 1 unspecified atom stereocenters. The molecule has 0 aliphatic rings. The number of hydrogen-bond donors (Lipinski definition) is 1. The first-order chi connectivity index (χ1) is 5.54. The van der Waals surface area contributed by atoms with Crippen LogP contribution in [0.4, 0.5) is 4.39 Å². The Morgan fingerprint density at radius 2 is 1.92 bits per heavy atom.